The summed E-state index contributed by atoms with van der Waals surface area (Å²) in [6, 6.07) is 3.97. The largest absolute Gasteiger partial charge is 0.461 e. The first kappa shape index (κ1) is 10.6. The van der Waals surface area contributed by atoms with Crippen LogP contribution in [-0.4, -0.2) is 25.3 Å². The predicted molar refractivity (Wildman–Crippen MR) is 59.4 cm³/mol. The molecule has 0 atom stereocenters. The van der Waals surface area contributed by atoms with Gasteiger partial charge >= 0.3 is 7.12 Å². The lowest BCUT2D eigenvalue weighted by Crippen LogP contribution is -2.42. The third kappa shape index (κ3) is 3.04. The molecule has 4 heteroatoms. The molecule has 15 heavy (non-hydrogen) atoms. The fourth-order valence-corrected chi connectivity index (χ4v) is 1.56. The van der Waals surface area contributed by atoms with Crippen LogP contribution in [0.1, 0.15) is 19.4 Å². The van der Waals surface area contributed by atoms with Crippen LogP contribution in [-0.2, 0) is 15.6 Å². The third-order valence-corrected chi connectivity index (χ3v) is 2.45. The molecule has 0 radical (unpaired) electrons. The molecule has 1 aliphatic heterocycles. The van der Waals surface area contributed by atoms with Crippen LogP contribution < -0.4 is 0 Å². The van der Waals surface area contributed by atoms with Crippen LogP contribution in [0.3, 0.4) is 0 Å². The number of hydrogen-bond donors (Lipinski definition) is 0. The molecule has 0 N–H and O–H groups in total. The summed E-state index contributed by atoms with van der Waals surface area (Å²) < 4.78 is 11.3. The molecule has 80 valence electrons. The second-order valence-corrected chi connectivity index (χ2v) is 4.78. The molecule has 0 aromatic carbocycles. The molecule has 3 nitrogen and oxygen atoms in total. The maximum atomic E-state index is 5.65. The Bertz CT molecular complexity index is 306. The van der Waals surface area contributed by atoms with Crippen molar-refractivity contribution < 1.29 is 9.31 Å². The predicted octanol–water partition coefficient (Wildman–Crippen LogP) is 1.72. The van der Waals surface area contributed by atoms with Gasteiger partial charge in [-0.25, -0.2) is 0 Å². The lowest BCUT2D eigenvalue weighted by atomic mass is 9.78. The highest BCUT2D eigenvalue weighted by atomic mass is 16.6. The maximum absolute atomic E-state index is 5.65. The van der Waals surface area contributed by atoms with Crippen molar-refractivity contribution in [1.29, 1.82) is 0 Å². The van der Waals surface area contributed by atoms with Gasteiger partial charge in [0.25, 0.3) is 0 Å². The fraction of sp³-hybridized carbons (Fsp3) is 0.545. The highest BCUT2D eigenvalue weighted by Gasteiger charge is 2.31. The first-order valence-corrected chi connectivity index (χ1v) is 5.28. The molecule has 1 aromatic rings. The maximum Gasteiger partial charge on any atom is 0.461 e. The number of hydrogen-bond acceptors (Lipinski definition) is 3. The molecule has 0 aliphatic carbocycles. The van der Waals surface area contributed by atoms with Crippen LogP contribution in [0.4, 0.5) is 0 Å². The average molecular weight is 205 g/mol. The van der Waals surface area contributed by atoms with E-state index >= 15 is 0 Å². The first-order chi connectivity index (χ1) is 7.16. The van der Waals surface area contributed by atoms with Crippen molar-refractivity contribution in [1.82, 2.24) is 4.98 Å². The Labute approximate surface area is 91.0 Å². The van der Waals surface area contributed by atoms with E-state index in [1.165, 1.54) is 0 Å². The molecule has 2 rings (SSSR count). The molecule has 1 saturated heterocycles. The molecular formula is C11H16BNO2. The molecule has 1 aliphatic rings. The zero-order valence-electron chi connectivity index (χ0n) is 9.27. The van der Waals surface area contributed by atoms with Crippen molar-refractivity contribution in [2.75, 3.05) is 13.2 Å². The average Bonchev–Trinajstić information content (AvgIpc) is 2.23. The van der Waals surface area contributed by atoms with Gasteiger partial charge in [-0.3, -0.25) is 4.98 Å². The molecule has 0 amide bonds. The minimum Gasteiger partial charge on any atom is -0.410 e. The van der Waals surface area contributed by atoms with E-state index in [1.54, 1.807) is 6.20 Å². The van der Waals surface area contributed by atoms with E-state index in [1.807, 2.05) is 18.3 Å². The highest BCUT2D eigenvalue weighted by Crippen LogP contribution is 2.22. The van der Waals surface area contributed by atoms with Crippen LogP contribution >= 0.6 is 0 Å². The van der Waals surface area contributed by atoms with Gasteiger partial charge in [0.1, 0.15) is 0 Å². The van der Waals surface area contributed by atoms with Gasteiger partial charge in [-0.2, -0.15) is 0 Å². The van der Waals surface area contributed by atoms with E-state index in [2.05, 4.69) is 18.8 Å². The summed E-state index contributed by atoms with van der Waals surface area (Å²) in [5.41, 5.74) is 1.30. The molecule has 0 spiro atoms. The minimum atomic E-state index is -0.109. The lowest BCUT2D eigenvalue weighted by Gasteiger charge is -2.33. The van der Waals surface area contributed by atoms with Crippen LogP contribution in [0.15, 0.2) is 24.5 Å². The Kier molecular flexibility index (Phi) is 3.07. The molecule has 1 fully saturated rings. The Morgan fingerprint density at radius 1 is 1.40 bits per heavy atom. The van der Waals surface area contributed by atoms with E-state index in [0.29, 0.717) is 0 Å². The molecular weight excluding hydrogens is 189 g/mol. The van der Waals surface area contributed by atoms with Gasteiger partial charge in [0, 0.05) is 37.3 Å². The van der Waals surface area contributed by atoms with Crippen molar-refractivity contribution >= 4 is 7.12 Å². The molecule has 1 aromatic heterocycles. The summed E-state index contributed by atoms with van der Waals surface area (Å²) in [6.45, 7) is 5.82. The van der Waals surface area contributed by atoms with E-state index in [-0.39, 0.29) is 12.5 Å². The molecule has 0 bridgehead atoms. The topological polar surface area (TPSA) is 31.4 Å². The summed E-state index contributed by atoms with van der Waals surface area (Å²) >= 11 is 0. The Hall–Kier alpha value is -0.865. The van der Waals surface area contributed by atoms with Crippen molar-refractivity contribution in [3.63, 3.8) is 0 Å². The van der Waals surface area contributed by atoms with E-state index in [4.69, 9.17) is 9.31 Å². The summed E-state index contributed by atoms with van der Waals surface area (Å²) in [6.07, 6.45) is 4.41. The summed E-state index contributed by atoms with van der Waals surface area (Å²) in [4.78, 5) is 4.07. The van der Waals surface area contributed by atoms with Crippen molar-refractivity contribution in [3.05, 3.63) is 30.1 Å². The van der Waals surface area contributed by atoms with Crippen LogP contribution in [0, 0.1) is 5.41 Å². The highest BCUT2D eigenvalue weighted by molar-refractivity contribution is 6.44. The fourth-order valence-electron chi connectivity index (χ4n) is 1.56. The third-order valence-electron chi connectivity index (χ3n) is 2.45. The zero-order valence-corrected chi connectivity index (χ0v) is 9.27. The second-order valence-electron chi connectivity index (χ2n) is 4.78. The quantitative estimate of drug-likeness (QED) is 0.689. The van der Waals surface area contributed by atoms with Gasteiger partial charge in [-0.1, -0.05) is 19.9 Å². The monoisotopic (exact) mass is 205 g/mol. The smallest absolute Gasteiger partial charge is 0.410 e. The summed E-state index contributed by atoms with van der Waals surface area (Å²) in [7, 11) is -0.109. The van der Waals surface area contributed by atoms with Gasteiger partial charge in [-0.15, -0.1) is 0 Å². The van der Waals surface area contributed by atoms with Crippen molar-refractivity contribution in [2.24, 2.45) is 5.41 Å². The SMILES string of the molecule is CC1(C)COB(Cc2cccnc2)OC1. The number of nitrogens with zero attached hydrogens (tertiary/aromatic N) is 1. The van der Waals surface area contributed by atoms with E-state index < -0.39 is 0 Å². The van der Waals surface area contributed by atoms with Crippen molar-refractivity contribution in [3.8, 4) is 0 Å². The molecule has 2 heterocycles. The van der Waals surface area contributed by atoms with Gasteiger partial charge < -0.3 is 9.31 Å². The first-order valence-electron chi connectivity index (χ1n) is 5.28. The van der Waals surface area contributed by atoms with Gasteiger partial charge in [-0.05, 0) is 11.6 Å². The lowest BCUT2D eigenvalue weighted by molar-refractivity contribution is 0.0278. The molecule has 0 unspecified atom stereocenters. The zero-order chi connectivity index (χ0) is 10.7. The summed E-state index contributed by atoms with van der Waals surface area (Å²) in [5, 5.41) is 0. The van der Waals surface area contributed by atoms with Gasteiger partial charge in [0.2, 0.25) is 0 Å². The normalized spacial score (nSPS) is 20.3. The van der Waals surface area contributed by atoms with E-state index in [0.717, 1.165) is 25.1 Å². The number of rotatable bonds is 2. The Morgan fingerprint density at radius 3 is 2.73 bits per heavy atom. The minimum absolute atomic E-state index is 0.109. The Morgan fingerprint density at radius 2 is 2.13 bits per heavy atom. The van der Waals surface area contributed by atoms with Crippen molar-refractivity contribution in [2.45, 2.75) is 20.2 Å². The second kappa shape index (κ2) is 4.33. The Balaban J connectivity index is 1.88. The number of pyridine rings is 1. The number of aromatic nitrogens is 1. The van der Waals surface area contributed by atoms with Crippen LogP contribution in [0.25, 0.3) is 0 Å². The van der Waals surface area contributed by atoms with E-state index in [9.17, 15) is 0 Å². The van der Waals surface area contributed by atoms with Crippen LogP contribution in [0.5, 0.6) is 0 Å². The molecule has 0 saturated carbocycles. The standard InChI is InChI=1S/C11H16BNO2/c1-11(2)8-14-12(15-9-11)6-10-4-3-5-13-7-10/h3-5,7H,6,8-9H2,1-2H3. The summed E-state index contributed by atoms with van der Waals surface area (Å²) in [5.74, 6) is 0. The van der Waals surface area contributed by atoms with Gasteiger partial charge in [0.05, 0.1) is 0 Å². The van der Waals surface area contributed by atoms with Crippen LogP contribution in [0.2, 0.25) is 0 Å². The van der Waals surface area contributed by atoms with Gasteiger partial charge in [0.15, 0.2) is 0 Å².